The van der Waals surface area contributed by atoms with Crippen molar-refractivity contribution < 1.29 is 14.1 Å². The third-order valence-electron chi connectivity index (χ3n) is 2.94. The number of ether oxygens (including phenoxy) is 1. The first kappa shape index (κ1) is 13.1. The number of pyridine rings is 1. The molecule has 21 heavy (non-hydrogen) atoms. The monoisotopic (exact) mass is 283 g/mol. The van der Waals surface area contributed by atoms with Crippen LogP contribution in [0.3, 0.4) is 0 Å². The maximum absolute atomic E-state index is 11.3. The van der Waals surface area contributed by atoms with Gasteiger partial charge in [-0.25, -0.2) is 4.79 Å². The lowest BCUT2D eigenvalue weighted by atomic mass is 10.1. The lowest BCUT2D eigenvalue weighted by Crippen LogP contribution is -2.13. The molecule has 106 valence electrons. The predicted molar refractivity (Wildman–Crippen MR) is 77.9 cm³/mol. The van der Waals surface area contributed by atoms with E-state index in [1.807, 2.05) is 24.3 Å². The standard InChI is InChI=1S/C15H13N3O3/c1-2-20-15(19)17-14-8-13(21-18-14)11-3-4-12-9-16-6-5-10(12)7-11/h3-9H,2H2,1H3,(H,17,18,19). The van der Waals surface area contributed by atoms with Crippen molar-refractivity contribution >= 4 is 22.7 Å². The molecule has 0 aliphatic carbocycles. The summed E-state index contributed by atoms with van der Waals surface area (Å²) in [6.07, 6.45) is 2.98. The summed E-state index contributed by atoms with van der Waals surface area (Å²) in [5.74, 6) is 0.888. The molecule has 6 nitrogen and oxygen atoms in total. The van der Waals surface area contributed by atoms with Gasteiger partial charge >= 0.3 is 6.09 Å². The van der Waals surface area contributed by atoms with E-state index in [1.54, 1.807) is 25.4 Å². The van der Waals surface area contributed by atoms with Crippen LogP contribution >= 0.6 is 0 Å². The van der Waals surface area contributed by atoms with Crippen molar-refractivity contribution in [2.45, 2.75) is 6.92 Å². The highest BCUT2D eigenvalue weighted by Gasteiger charge is 2.10. The van der Waals surface area contributed by atoms with Gasteiger partial charge in [-0.05, 0) is 24.4 Å². The first-order valence-corrected chi connectivity index (χ1v) is 6.51. The van der Waals surface area contributed by atoms with Crippen LogP contribution in [0.4, 0.5) is 10.6 Å². The van der Waals surface area contributed by atoms with E-state index in [0.717, 1.165) is 16.3 Å². The van der Waals surface area contributed by atoms with Crippen molar-refractivity contribution in [2.75, 3.05) is 11.9 Å². The van der Waals surface area contributed by atoms with Crippen molar-refractivity contribution in [1.82, 2.24) is 10.1 Å². The summed E-state index contributed by atoms with van der Waals surface area (Å²) in [6.45, 7) is 2.03. The number of carbonyl (C=O) groups excluding carboxylic acids is 1. The van der Waals surface area contributed by atoms with E-state index >= 15 is 0 Å². The lowest BCUT2D eigenvalue weighted by Gasteiger charge is -2.00. The number of anilines is 1. The maximum atomic E-state index is 11.3. The van der Waals surface area contributed by atoms with Gasteiger partial charge in [-0.3, -0.25) is 10.3 Å². The molecule has 0 aliphatic heterocycles. The van der Waals surface area contributed by atoms with Gasteiger partial charge < -0.3 is 9.26 Å². The van der Waals surface area contributed by atoms with Gasteiger partial charge in [-0.1, -0.05) is 17.3 Å². The van der Waals surface area contributed by atoms with Gasteiger partial charge in [0, 0.05) is 29.4 Å². The van der Waals surface area contributed by atoms with Crippen molar-refractivity contribution in [1.29, 1.82) is 0 Å². The third-order valence-corrected chi connectivity index (χ3v) is 2.94. The molecule has 2 heterocycles. The summed E-state index contributed by atoms with van der Waals surface area (Å²) in [7, 11) is 0. The Balaban J connectivity index is 1.85. The van der Waals surface area contributed by atoms with E-state index in [9.17, 15) is 4.79 Å². The van der Waals surface area contributed by atoms with Crippen LogP contribution < -0.4 is 5.32 Å². The van der Waals surface area contributed by atoms with Gasteiger partial charge in [0.25, 0.3) is 0 Å². The van der Waals surface area contributed by atoms with E-state index < -0.39 is 6.09 Å². The predicted octanol–water partition coefficient (Wildman–Crippen LogP) is 3.46. The highest BCUT2D eigenvalue weighted by atomic mass is 16.5. The maximum Gasteiger partial charge on any atom is 0.412 e. The largest absolute Gasteiger partial charge is 0.450 e. The Hall–Kier alpha value is -2.89. The molecule has 0 fully saturated rings. The molecule has 3 rings (SSSR count). The number of hydrogen-bond acceptors (Lipinski definition) is 5. The number of fused-ring (bicyclic) bond motifs is 1. The van der Waals surface area contributed by atoms with Gasteiger partial charge in [0.05, 0.1) is 6.61 Å². The van der Waals surface area contributed by atoms with Gasteiger partial charge in [0.1, 0.15) is 0 Å². The molecule has 0 spiro atoms. The van der Waals surface area contributed by atoms with Gasteiger partial charge in [0.2, 0.25) is 0 Å². The SMILES string of the molecule is CCOC(=O)Nc1cc(-c2ccc3cnccc3c2)on1. The van der Waals surface area contributed by atoms with Crippen LogP contribution in [0.5, 0.6) is 0 Å². The fourth-order valence-corrected chi connectivity index (χ4v) is 1.98. The Morgan fingerprint density at radius 2 is 2.19 bits per heavy atom. The average Bonchev–Trinajstić information content (AvgIpc) is 2.95. The lowest BCUT2D eigenvalue weighted by molar-refractivity contribution is 0.167. The van der Waals surface area contributed by atoms with Crippen LogP contribution in [-0.4, -0.2) is 22.8 Å². The van der Waals surface area contributed by atoms with Gasteiger partial charge in [0.15, 0.2) is 11.6 Å². The van der Waals surface area contributed by atoms with Crippen molar-refractivity contribution in [3.8, 4) is 11.3 Å². The Kier molecular flexibility index (Phi) is 3.51. The molecule has 0 saturated heterocycles. The van der Waals surface area contributed by atoms with Crippen LogP contribution in [0, 0.1) is 0 Å². The molecule has 1 aromatic carbocycles. The molecule has 0 unspecified atom stereocenters. The topological polar surface area (TPSA) is 77.2 Å². The summed E-state index contributed by atoms with van der Waals surface area (Å²) < 4.78 is 10.0. The summed E-state index contributed by atoms with van der Waals surface area (Å²) >= 11 is 0. The smallest absolute Gasteiger partial charge is 0.412 e. The molecule has 0 aliphatic rings. The number of nitrogens with zero attached hydrogens (tertiary/aromatic N) is 2. The van der Waals surface area contributed by atoms with E-state index in [-0.39, 0.29) is 0 Å². The molecular formula is C15H13N3O3. The Bertz CT molecular complexity index is 782. The number of benzene rings is 1. The van der Waals surface area contributed by atoms with E-state index in [0.29, 0.717) is 18.2 Å². The van der Waals surface area contributed by atoms with Crippen molar-refractivity contribution in [2.24, 2.45) is 0 Å². The van der Waals surface area contributed by atoms with E-state index in [4.69, 9.17) is 9.26 Å². The van der Waals surface area contributed by atoms with Crippen LogP contribution in [0.1, 0.15) is 6.92 Å². The molecule has 1 N–H and O–H groups in total. The number of nitrogens with one attached hydrogen (secondary N) is 1. The highest BCUT2D eigenvalue weighted by molar-refractivity contribution is 5.87. The summed E-state index contributed by atoms with van der Waals surface area (Å²) in [4.78, 5) is 15.4. The normalized spacial score (nSPS) is 10.5. The summed E-state index contributed by atoms with van der Waals surface area (Å²) in [5, 5.41) is 8.39. The van der Waals surface area contributed by atoms with E-state index in [1.165, 1.54) is 0 Å². The van der Waals surface area contributed by atoms with Crippen LogP contribution in [-0.2, 0) is 4.74 Å². The Morgan fingerprint density at radius 3 is 3.05 bits per heavy atom. The van der Waals surface area contributed by atoms with Crippen LogP contribution in [0.2, 0.25) is 0 Å². The van der Waals surface area contributed by atoms with Crippen molar-refractivity contribution in [3.63, 3.8) is 0 Å². The molecule has 1 amide bonds. The summed E-state index contributed by atoms with van der Waals surface area (Å²) in [5.41, 5.74) is 0.873. The number of hydrogen-bond donors (Lipinski definition) is 1. The zero-order valence-corrected chi connectivity index (χ0v) is 11.4. The minimum absolute atomic E-state index is 0.301. The molecule has 3 aromatic rings. The first-order chi connectivity index (χ1) is 10.3. The number of amides is 1. The van der Waals surface area contributed by atoms with Gasteiger partial charge in [-0.2, -0.15) is 0 Å². The molecule has 6 heteroatoms. The molecule has 0 radical (unpaired) electrons. The second-order valence-electron chi connectivity index (χ2n) is 4.36. The first-order valence-electron chi connectivity index (χ1n) is 6.51. The minimum Gasteiger partial charge on any atom is -0.450 e. The second-order valence-corrected chi connectivity index (χ2v) is 4.36. The highest BCUT2D eigenvalue weighted by Crippen LogP contribution is 2.26. The summed E-state index contributed by atoms with van der Waals surface area (Å²) in [6, 6.07) is 9.43. The fourth-order valence-electron chi connectivity index (χ4n) is 1.98. The minimum atomic E-state index is -0.554. The molecule has 0 bridgehead atoms. The zero-order valence-electron chi connectivity index (χ0n) is 11.4. The van der Waals surface area contributed by atoms with E-state index in [2.05, 4.69) is 15.5 Å². The van der Waals surface area contributed by atoms with Crippen LogP contribution in [0.25, 0.3) is 22.1 Å². The fraction of sp³-hybridized carbons (Fsp3) is 0.133. The Morgan fingerprint density at radius 1 is 1.29 bits per heavy atom. The van der Waals surface area contributed by atoms with Gasteiger partial charge in [-0.15, -0.1) is 0 Å². The zero-order chi connectivity index (χ0) is 14.7. The number of aromatic nitrogens is 2. The van der Waals surface area contributed by atoms with Crippen LogP contribution in [0.15, 0.2) is 47.2 Å². The second kappa shape index (κ2) is 5.62. The molecule has 2 aromatic heterocycles. The average molecular weight is 283 g/mol. The quantitative estimate of drug-likeness (QED) is 0.796. The molecule has 0 saturated carbocycles. The number of carbonyl (C=O) groups is 1. The molecular weight excluding hydrogens is 270 g/mol. The Labute approximate surface area is 120 Å². The van der Waals surface area contributed by atoms with Crippen molar-refractivity contribution in [3.05, 3.63) is 42.7 Å². The molecule has 0 atom stereocenters. The number of rotatable bonds is 3. The third kappa shape index (κ3) is 2.84.